The molecule has 0 saturated heterocycles. The molecule has 1 aromatic heterocycles. The fourth-order valence-corrected chi connectivity index (χ4v) is 12.1. The molecule has 0 atom stereocenters. The van der Waals surface area contributed by atoms with E-state index in [1.54, 1.807) is 0 Å². The lowest BCUT2D eigenvalue weighted by Gasteiger charge is -2.34. The molecule has 1 heterocycles. The van der Waals surface area contributed by atoms with E-state index in [1.807, 2.05) is 18.2 Å². The first-order valence-electron chi connectivity index (χ1n) is 16.0. The fourth-order valence-electron chi connectivity index (χ4n) is 7.36. The molecule has 3 nitrogen and oxygen atoms in total. The summed E-state index contributed by atoms with van der Waals surface area (Å²) in [4.78, 5) is 0. The minimum absolute atomic E-state index is 0.359. The SMILES string of the molecule is N#Cc1cc(-n2c3ccccc3c3ccccc32)cc(-c2ccc([Si](c3ccccc3)(c3ccccc3)c3ccccc3)cc2)c1C#N. The zero-order valence-electron chi connectivity index (χ0n) is 26.1. The molecule has 0 aliphatic carbocycles. The zero-order valence-corrected chi connectivity index (χ0v) is 27.1. The van der Waals surface area contributed by atoms with Crippen molar-refractivity contribution in [2.45, 2.75) is 0 Å². The van der Waals surface area contributed by atoms with Gasteiger partial charge in [-0.15, -0.1) is 0 Å². The second kappa shape index (κ2) is 12.0. The number of nitrogens with zero attached hydrogens (tertiary/aromatic N) is 3. The van der Waals surface area contributed by atoms with Crippen LogP contribution in [-0.4, -0.2) is 12.6 Å². The largest absolute Gasteiger partial charge is 0.309 e. The summed E-state index contributed by atoms with van der Waals surface area (Å²) in [6, 6.07) is 66.4. The molecule has 0 saturated carbocycles. The molecular weight excluding hydrogens is 599 g/mol. The van der Waals surface area contributed by atoms with Gasteiger partial charge in [0.25, 0.3) is 0 Å². The molecule has 8 rings (SSSR count). The lowest BCUT2D eigenvalue weighted by molar-refractivity contribution is 1.17. The molecule has 48 heavy (non-hydrogen) atoms. The summed E-state index contributed by atoms with van der Waals surface area (Å²) in [5, 5.41) is 28.1. The van der Waals surface area contributed by atoms with E-state index in [2.05, 4.69) is 174 Å². The molecule has 7 aromatic carbocycles. The van der Waals surface area contributed by atoms with E-state index < -0.39 is 8.07 Å². The highest BCUT2D eigenvalue weighted by Crippen LogP contribution is 2.35. The van der Waals surface area contributed by atoms with Gasteiger partial charge in [0.2, 0.25) is 0 Å². The van der Waals surface area contributed by atoms with Crippen molar-refractivity contribution in [2.24, 2.45) is 0 Å². The first kappa shape index (κ1) is 29.0. The summed E-state index contributed by atoms with van der Waals surface area (Å²) in [7, 11) is -2.70. The number of hydrogen-bond acceptors (Lipinski definition) is 2. The van der Waals surface area contributed by atoms with Gasteiger partial charge >= 0.3 is 0 Å². The van der Waals surface area contributed by atoms with E-state index in [-0.39, 0.29) is 0 Å². The van der Waals surface area contributed by atoms with Crippen molar-refractivity contribution >= 4 is 50.6 Å². The summed E-state index contributed by atoms with van der Waals surface area (Å²) < 4.78 is 2.20. The summed E-state index contributed by atoms with van der Waals surface area (Å²) in [5.41, 5.74) is 5.34. The number of fused-ring (bicyclic) bond motifs is 3. The smallest absolute Gasteiger partial charge is 0.179 e. The Morgan fingerprint density at radius 2 is 0.875 bits per heavy atom. The van der Waals surface area contributed by atoms with Crippen molar-refractivity contribution < 1.29 is 0 Å². The van der Waals surface area contributed by atoms with E-state index in [1.165, 1.54) is 20.7 Å². The van der Waals surface area contributed by atoms with Crippen LogP contribution in [0, 0.1) is 22.7 Å². The Bertz CT molecular complexity index is 2350. The molecule has 0 spiro atoms. The van der Waals surface area contributed by atoms with Crippen LogP contribution < -0.4 is 20.7 Å². The van der Waals surface area contributed by atoms with E-state index in [0.717, 1.165) is 38.6 Å². The standard InChI is InChI=1S/C44H29N3Si/c45-30-33-28-34(47-43-22-12-10-20-39(43)40-21-11-13-23-44(40)47)29-41(42(33)31-46)32-24-26-38(27-25-32)48(35-14-4-1-5-15-35,36-16-6-2-7-17-36)37-18-8-3-9-19-37/h1-29H. The van der Waals surface area contributed by atoms with Crippen LogP contribution in [0.2, 0.25) is 0 Å². The quantitative estimate of drug-likeness (QED) is 0.141. The predicted molar refractivity (Wildman–Crippen MR) is 199 cm³/mol. The number of nitriles is 2. The summed E-state index contributed by atoms with van der Waals surface area (Å²) >= 11 is 0. The molecule has 4 heteroatoms. The monoisotopic (exact) mass is 627 g/mol. The van der Waals surface area contributed by atoms with Crippen LogP contribution in [0.3, 0.4) is 0 Å². The average molecular weight is 628 g/mol. The third-order valence-corrected chi connectivity index (χ3v) is 14.2. The molecule has 0 N–H and O–H groups in total. The Labute approximate surface area is 280 Å². The van der Waals surface area contributed by atoms with E-state index in [9.17, 15) is 10.5 Å². The van der Waals surface area contributed by atoms with Crippen molar-refractivity contribution in [3.8, 4) is 29.0 Å². The van der Waals surface area contributed by atoms with Gasteiger partial charge in [0.1, 0.15) is 12.1 Å². The van der Waals surface area contributed by atoms with Crippen molar-refractivity contribution in [2.75, 3.05) is 0 Å². The van der Waals surface area contributed by atoms with Crippen LogP contribution in [-0.2, 0) is 0 Å². The van der Waals surface area contributed by atoms with E-state index in [4.69, 9.17) is 0 Å². The number of hydrogen-bond donors (Lipinski definition) is 0. The molecule has 0 unspecified atom stereocenters. The van der Waals surface area contributed by atoms with Gasteiger partial charge in [-0.1, -0.05) is 152 Å². The van der Waals surface area contributed by atoms with Gasteiger partial charge in [-0.2, -0.15) is 10.5 Å². The predicted octanol–water partition coefficient (Wildman–Crippen LogP) is 7.57. The van der Waals surface area contributed by atoms with Crippen LogP contribution in [0.5, 0.6) is 0 Å². The van der Waals surface area contributed by atoms with Crippen LogP contribution in [0.4, 0.5) is 0 Å². The molecule has 0 radical (unpaired) electrons. The molecular formula is C44H29N3Si. The molecule has 0 aliphatic rings. The number of rotatable bonds is 6. The van der Waals surface area contributed by atoms with Crippen LogP contribution in [0.1, 0.15) is 11.1 Å². The number of para-hydroxylation sites is 2. The maximum atomic E-state index is 10.4. The maximum Gasteiger partial charge on any atom is 0.179 e. The Balaban J connectivity index is 1.36. The number of benzene rings is 7. The fraction of sp³-hybridized carbons (Fsp3) is 0. The first-order valence-corrected chi connectivity index (χ1v) is 18.0. The van der Waals surface area contributed by atoms with Crippen LogP contribution in [0.25, 0.3) is 38.6 Å². The van der Waals surface area contributed by atoms with E-state index >= 15 is 0 Å². The van der Waals surface area contributed by atoms with Crippen LogP contribution >= 0.6 is 0 Å². The third kappa shape index (κ3) is 4.55. The topological polar surface area (TPSA) is 52.5 Å². The highest BCUT2D eigenvalue weighted by molar-refractivity contribution is 7.19. The highest BCUT2D eigenvalue weighted by atomic mass is 28.3. The van der Waals surface area contributed by atoms with Gasteiger partial charge in [0, 0.05) is 22.0 Å². The molecule has 0 fully saturated rings. The van der Waals surface area contributed by atoms with Crippen LogP contribution in [0.15, 0.2) is 176 Å². The normalized spacial score (nSPS) is 11.3. The summed E-state index contributed by atoms with van der Waals surface area (Å²) in [5.74, 6) is 0. The summed E-state index contributed by atoms with van der Waals surface area (Å²) in [6.45, 7) is 0. The molecule has 8 aromatic rings. The van der Waals surface area contributed by atoms with Gasteiger partial charge in [0.15, 0.2) is 8.07 Å². The number of aromatic nitrogens is 1. The van der Waals surface area contributed by atoms with Crippen molar-refractivity contribution in [3.05, 3.63) is 187 Å². The van der Waals surface area contributed by atoms with Crippen molar-refractivity contribution in [3.63, 3.8) is 0 Å². The average Bonchev–Trinajstić information content (AvgIpc) is 3.51. The van der Waals surface area contributed by atoms with Gasteiger partial charge in [0.05, 0.1) is 22.2 Å². The minimum Gasteiger partial charge on any atom is -0.309 e. The Morgan fingerprint density at radius 1 is 0.438 bits per heavy atom. The van der Waals surface area contributed by atoms with E-state index in [0.29, 0.717) is 11.1 Å². The third-order valence-electron chi connectivity index (χ3n) is 9.44. The maximum absolute atomic E-state index is 10.4. The molecule has 224 valence electrons. The van der Waals surface area contributed by atoms with Gasteiger partial charge in [-0.05, 0) is 50.6 Å². The zero-order chi connectivity index (χ0) is 32.5. The van der Waals surface area contributed by atoms with Crippen molar-refractivity contribution in [1.82, 2.24) is 4.57 Å². The summed E-state index contributed by atoms with van der Waals surface area (Å²) in [6.07, 6.45) is 0. The second-order valence-electron chi connectivity index (χ2n) is 11.9. The Kier molecular flexibility index (Phi) is 7.27. The molecule has 0 amide bonds. The van der Waals surface area contributed by atoms with Gasteiger partial charge in [-0.25, -0.2) is 0 Å². The lowest BCUT2D eigenvalue weighted by Crippen LogP contribution is -2.74. The second-order valence-corrected chi connectivity index (χ2v) is 15.7. The lowest BCUT2D eigenvalue weighted by atomic mass is 9.95. The Hall–Kier alpha value is -6.46. The van der Waals surface area contributed by atoms with Gasteiger partial charge in [-0.3, -0.25) is 0 Å². The minimum atomic E-state index is -2.70. The van der Waals surface area contributed by atoms with Gasteiger partial charge < -0.3 is 4.57 Å². The Morgan fingerprint density at radius 3 is 1.33 bits per heavy atom. The first-order chi connectivity index (χ1) is 23.7. The van der Waals surface area contributed by atoms with Crippen molar-refractivity contribution in [1.29, 1.82) is 10.5 Å². The molecule has 0 bridgehead atoms. The molecule has 0 aliphatic heterocycles. The highest BCUT2D eigenvalue weighted by Gasteiger charge is 2.41.